The van der Waals surface area contributed by atoms with Crippen molar-refractivity contribution in [3.8, 4) is 6.07 Å². The van der Waals surface area contributed by atoms with Crippen molar-refractivity contribution in [2.45, 2.75) is 30.2 Å². The van der Waals surface area contributed by atoms with E-state index in [1.807, 2.05) is 6.07 Å². The first kappa shape index (κ1) is 18.2. The number of rotatable bonds is 5. The molecule has 0 saturated carbocycles. The SMILES string of the molecule is Cl.N#Cc1ccc(S(=O)(=O)NCC[C@H]2CCCN2)cc1Cl. The van der Waals surface area contributed by atoms with Crippen molar-refractivity contribution in [3.63, 3.8) is 0 Å². The first-order valence-corrected chi connectivity index (χ1v) is 8.32. The molecule has 2 rings (SSSR count). The lowest BCUT2D eigenvalue weighted by molar-refractivity contribution is 0.539. The number of nitrogens with one attached hydrogen (secondary N) is 2. The molecule has 8 heteroatoms. The third kappa shape index (κ3) is 4.83. The van der Waals surface area contributed by atoms with Crippen LogP contribution in [0, 0.1) is 11.3 Å². The van der Waals surface area contributed by atoms with E-state index in [0.717, 1.165) is 25.8 Å². The fourth-order valence-electron chi connectivity index (χ4n) is 2.21. The minimum Gasteiger partial charge on any atom is -0.314 e. The highest BCUT2D eigenvalue weighted by Gasteiger charge is 2.18. The number of nitriles is 1. The maximum Gasteiger partial charge on any atom is 0.240 e. The summed E-state index contributed by atoms with van der Waals surface area (Å²) in [5, 5.41) is 12.2. The molecule has 1 aromatic rings. The van der Waals surface area contributed by atoms with Gasteiger partial charge in [-0.05, 0) is 44.0 Å². The highest BCUT2D eigenvalue weighted by atomic mass is 35.5. The van der Waals surface area contributed by atoms with Gasteiger partial charge in [0, 0.05) is 12.6 Å². The number of sulfonamides is 1. The molecule has 2 N–H and O–H groups in total. The van der Waals surface area contributed by atoms with Crippen LogP contribution in [-0.4, -0.2) is 27.5 Å². The predicted molar refractivity (Wildman–Crippen MR) is 84.2 cm³/mol. The smallest absolute Gasteiger partial charge is 0.240 e. The van der Waals surface area contributed by atoms with Gasteiger partial charge in [0.15, 0.2) is 0 Å². The number of halogens is 2. The maximum absolute atomic E-state index is 12.1. The van der Waals surface area contributed by atoms with E-state index in [1.54, 1.807) is 0 Å². The van der Waals surface area contributed by atoms with Crippen LogP contribution in [0.4, 0.5) is 0 Å². The zero-order valence-electron chi connectivity index (χ0n) is 11.3. The van der Waals surface area contributed by atoms with Gasteiger partial charge in [-0.1, -0.05) is 11.6 Å². The van der Waals surface area contributed by atoms with E-state index in [0.29, 0.717) is 12.6 Å². The van der Waals surface area contributed by atoms with E-state index in [9.17, 15) is 8.42 Å². The number of hydrogen-bond acceptors (Lipinski definition) is 4. The number of benzene rings is 1. The molecule has 1 aliphatic rings. The van der Waals surface area contributed by atoms with Gasteiger partial charge in [-0.3, -0.25) is 0 Å². The number of nitrogens with zero attached hydrogens (tertiary/aromatic N) is 1. The molecule has 5 nitrogen and oxygen atoms in total. The van der Waals surface area contributed by atoms with E-state index in [4.69, 9.17) is 16.9 Å². The van der Waals surface area contributed by atoms with Crippen molar-refractivity contribution in [2.24, 2.45) is 0 Å². The fraction of sp³-hybridized carbons (Fsp3) is 0.462. The molecule has 0 amide bonds. The molecule has 0 aliphatic carbocycles. The lowest BCUT2D eigenvalue weighted by Crippen LogP contribution is -2.30. The Morgan fingerprint density at radius 1 is 1.48 bits per heavy atom. The molecule has 21 heavy (non-hydrogen) atoms. The van der Waals surface area contributed by atoms with E-state index in [1.165, 1.54) is 18.2 Å². The molecule has 116 valence electrons. The summed E-state index contributed by atoms with van der Waals surface area (Å²) in [5.74, 6) is 0. The predicted octanol–water partition coefficient (Wildman–Crippen LogP) is 2.05. The Morgan fingerprint density at radius 3 is 2.81 bits per heavy atom. The van der Waals surface area contributed by atoms with Crippen LogP contribution in [0.3, 0.4) is 0 Å². The molecule has 1 aromatic carbocycles. The van der Waals surface area contributed by atoms with Crippen LogP contribution in [0.25, 0.3) is 0 Å². The molecular formula is C13H17Cl2N3O2S. The van der Waals surface area contributed by atoms with Crippen LogP contribution in [-0.2, 0) is 10.0 Å². The molecule has 1 saturated heterocycles. The highest BCUT2D eigenvalue weighted by Crippen LogP contribution is 2.20. The summed E-state index contributed by atoms with van der Waals surface area (Å²) in [4.78, 5) is 0.0841. The van der Waals surface area contributed by atoms with E-state index in [2.05, 4.69) is 10.0 Å². The third-order valence-corrected chi connectivity index (χ3v) is 5.09. The summed E-state index contributed by atoms with van der Waals surface area (Å²) in [6.07, 6.45) is 3.00. The molecule has 0 unspecified atom stereocenters. The second kappa shape index (κ2) is 7.97. The van der Waals surface area contributed by atoms with Gasteiger partial charge in [-0.2, -0.15) is 5.26 Å². The maximum atomic E-state index is 12.1. The van der Waals surface area contributed by atoms with E-state index >= 15 is 0 Å². The normalized spacial score (nSPS) is 18.0. The van der Waals surface area contributed by atoms with Gasteiger partial charge in [0.2, 0.25) is 10.0 Å². The van der Waals surface area contributed by atoms with Crippen LogP contribution < -0.4 is 10.0 Å². The summed E-state index contributed by atoms with van der Waals surface area (Å²) in [6, 6.07) is 6.39. The highest BCUT2D eigenvalue weighted by molar-refractivity contribution is 7.89. The first-order valence-electron chi connectivity index (χ1n) is 6.45. The Labute approximate surface area is 136 Å². The summed E-state index contributed by atoms with van der Waals surface area (Å²) >= 11 is 5.85. The Hall–Kier alpha value is -0.840. The molecule has 1 atom stereocenters. The van der Waals surface area contributed by atoms with Gasteiger partial charge in [-0.25, -0.2) is 13.1 Å². The topological polar surface area (TPSA) is 82.0 Å². The average Bonchev–Trinajstić information content (AvgIpc) is 2.91. The molecule has 1 fully saturated rings. The molecule has 0 bridgehead atoms. The summed E-state index contributed by atoms with van der Waals surface area (Å²) in [6.45, 7) is 1.39. The minimum atomic E-state index is -3.57. The van der Waals surface area contributed by atoms with Gasteiger partial charge < -0.3 is 5.32 Å². The van der Waals surface area contributed by atoms with Crippen molar-refractivity contribution in [3.05, 3.63) is 28.8 Å². The summed E-state index contributed by atoms with van der Waals surface area (Å²) < 4.78 is 26.7. The largest absolute Gasteiger partial charge is 0.314 e. The van der Waals surface area contributed by atoms with Crippen molar-refractivity contribution in [1.82, 2.24) is 10.0 Å². The second-order valence-corrected chi connectivity index (χ2v) is 6.91. The molecular weight excluding hydrogens is 333 g/mol. The molecule has 1 aliphatic heterocycles. The van der Waals surface area contributed by atoms with Gasteiger partial charge >= 0.3 is 0 Å². The quantitative estimate of drug-likeness (QED) is 0.852. The van der Waals surface area contributed by atoms with Crippen molar-refractivity contribution >= 4 is 34.0 Å². The van der Waals surface area contributed by atoms with Gasteiger partial charge in [0.1, 0.15) is 6.07 Å². The standard InChI is InChI=1S/C13H16ClN3O2S.ClH/c14-13-8-12(4-3-10(13)9-15)20(18,19)17-7-5-11-2-1-6-16-11;/h3-4,8,11,16-17H,1-2,5-7H2;1H/t11-;/m1./s1. The molecule has 1 heterocycles. The van der Waals surface area contributed by atoms with Crippen molar-refractivity contribution in [1.29, 1.82) is 5.26 Å². The van der Waals surface area contributed by atoms with Crippen LogP contribution in [0.2, 0.25) is 5.02 Å². The van der Waals surface area contributed by atoms with Gasteiger partial charge in [-0.15, -0.1) is 12.4 Å². The monoisotopic (exact) mass is 349 g/mol. The van der Waals surface area contributed by atoms with Crippen LogP contribution in [0.1, 0.15) is 24.8 Å². The van der Waals surface area contributed by atoms with Crippen LogP contribution in [0.15, 0.2) is 23.1 Å². The summed E-state index contributed by atoms with van der Waals surface area (Å²) in [7, 11) is -3.57. The lowest BCUT2D eigenvalue weighted by atomic mass is 10.2. The van der Waals surface area contributed by atoms with Gasteiger partial charge in [0.05, 0.1) is 15.5 Å². The molecule has 0 aromatic heterocycles. The zero-order valence-corrected chi connectivity index (χ0v) is 13.7. The minimum absolute atomic E-state index is 0. The van der Waals surface area contributed by atoms with Crippen LogP contribution >= 0.6 is 24.0 Å². The Bertz CT molecular complexity index is 623. The van der Waals surface area contributed by atoms with E-state index < -0.39 is 10.0 Å². The molecule has 0 radical (unpaired) electrons. The van der Waals surface area contributed by atoms with Crippen molar-refractivity contribution in [2.75, 3.05) is 13.1 Å². The Kier molecular flexibility index (Phi) is 6.91. The zero-order chi connectivity index (χ0) is 14.6. The van der Waals surface area contributed by atoms with Crippen molar-refractivity contribution < 1.29 is 8.42 Å². The fourth-order valence-corrected chi connectivity index (χ4v) is 3.57. The summed E-state index contributed by atoms with van der Waals surface area (Å²) in [5.41, 5.74) is 0.265. The number of hydrogen-bond donors (Lipinski definition) is 2. The molecule has 0 spiro atoms. The van der Waals surface area contributed by atoms with Crippen LogP contribution in [0.5, 0.6) is 0 Å². The Morgan fingerprint density at radius 2 is 2.24 bits per heavy atom. The second-order valence-electron chi connectivity index (χ2n) is 4.73. The van der Waals surface area contributed by atoms with Gasteiger partial charge in [0.25, 0.3) is 0 Å². The average molecular weight is 350 g/mol. The Balaban J connectivity index is 0.00000220. The third-order valence-electron chi connectivity index (χ3n) is 3.32. The lowest BCUT2D eigenvalue weighted by Gasteiger charge is -2.11. The first-order chi connectivity index (χ1) is 9.53. The van der Waals surface area contributed by atoms with E-state index in [-0.39, 0.29) is 27.9 Å².